The third-order valence-electron chi connectivity index (χ3n) is 4.58. The Morgan fingerprint density at radius 2 is 2.12 bits per heavy atom. The van der Waals surface area contributed by atoms with E-state index in [1.165, 1.54) is 0 Å². The van der Waals surface area contributed by atoms with Crippen LogP contribution in [0.3, 0.4) is 0 Å². The van der Waals surface area contributed by atoms with Crippen molar-refractivity contribution in [1.29, 1.82) is 0 Å². The average Bonchev–Trinajstić information content (AvgIpc) is 3.38. The fraction of sp³-hybridized carbons (Fsp3) is 0.409. The monoisotopic (exact) mass is 476 g/mol. The molecule has 172 valence electrons. The molecule has 1 N–H and O–H groups in total. The Kier molecular flexibility index (Phi) is 8.03. The molecule has 0 spiro atoms. The minimum absolute atomic E-state index is 0.0652. The molecule has 3 heterocycles. The van der Waals surface area contributed by atoms with Crippen LogP contribution in [0.25, 0.3) is 11.3 Å². The third kappa shape index (κ3) is 6.39. The van der Waals surface area contributed by atoms with Crippen LogP contribution in [-0.4, -0.2) is 35.7 Å². The van der Waals surface area contributed by atoms with Crippen molar-refractivity contribution >= 4 is 27.5 Å². The molecule has 0 bridgehead atoms. The number of sulfonamides is 1. The number of carbonyl (C=O) groups excluding carboxylic acids is 1. The molecule has 0 saturated carbocycles. The molecule has 0 aliphatic heterocycles. The van der Waals surface area contributed by atoms with E-state index >= 15 is 0 Å². The molecule has 0 atom stereocenters. The molecule has 0 unspecified atom stereocenters. The van der Waals surface area contributed by atoms with Crippen molar-refractivity contribution in [2.45, 2.75) is 50.8 Å². The molecule has 0 radical (unpaired) electrons. The summed E-state index contributed by atoms with van der Waals surface area (Å²) in [4.78, 5) is 21.4. The van der Waals surface area contributed by atoms with Crippen molar-refractivity contribution < 1.29 is 17.9 Å². The highest BCUT2D eigenvalue weighted by atomic mass is 32.2. The number of thiophene rings is 1. The number of pyridine rings is 1. The highest BCUT2D eigenvalue weighted by Crippen LogP contribution is 2.35. The van der Waals surface area contributed by atoms with Crippen molar-refractivity contribution in [3.05, 3.63) is 53.6 Å². The van der Waals surface area contributed by atoms with Crippen LogP contribution in [0, 0.1) is 5.92 Å². The van der Waals surface area contributed by atoms with Gasteiger partial charge in [-0.05, 0) is 36.5 Å². The first-order valence-electron chi connectivity index (χ1n) is 10.5. The molecular weight excluding hydrogens is 448 g/mol. The lowest BCUT2D eigenvalue weighted by atomic mass is 10.1. The lowest BCUT2D eigenvalue weighted by molar-refractivity contribution is 0.151. The lowest BCUT2D eigenvalue weighted by Gasteiger charge is -2.09. The van der Waals surface area contributed by atoms with Crippen molar-refractivity contribution in [3.8, 4) is 11.3 Å². The summed E-state index contributed by atoms with van der Waals surface area (Å²) in [6.45, 7) is 6.89. The number of rotatable bonds is 10. The normalized spacial score (nSPS) is 11.6. The Morgan fingerprint density at radius 3 is 2.75 bits per heavy atom. The number of amides is 1. The Morgan fingerprint density at radius 1 is 1.31 bits per heavy atom. The van der Waals surface area contributed by atoms with Crippen LogP contribution in [0.1, 0.15) is 44.1 Å². The van der Waals surface area contributed by atoms with Crippen LogP contribution in [0.2, 0.25) is 0 Å². The van der Waals surface area contributed by atoms with Crippen LogP contribution in [0.4, 0.5) is 4.79 Å². The summed E-state index contributed by atoms with van der Waals surface area (Å²) < 4.78 is 35.0. The van der Waals surface area contributed by atoms with Gasteiger partial charge < -0.3 is 9.30 Å². The number of imidazole rings is 1. The topological polar surface area (TPSA) is 103 Å². The van der Waals surface area contributed by atoms with E-state index < -0.39 is 16.1 Å². The highest BCUT2D eigenvalue weighted by Gasteiger charge is 2.27. The number of hydrogen-bond donors (Lipinski definition) is 1. The van der Waals surface area contributed by atoms with Crippen LogP contribution in [0.5, 0.6) is 0 Å². The molecule has 8 nitrogen and oxygen atoms in total. The van der Waals surface area contributed by atoms with E-state index in [9.17, 15) is 13.2 Å². The molecule has 0 aliphatic rings. The Hall–Kier alpha value is -2.72. The maximum Gasteiger partial charge on any atom is 0.421 e. The minimum Gasteiger partial charge on any atom is -0.449 e. The van der Waals surface area contributed by atoms with Gasteiger partial charge in [0.25, 0.3) is 10.0 Å². The zero-order valence-corrected chi connectivity index (χ0v) is 20.1. The second kappa shape index (κ2) is 10.7. The van der Waals surface area contributed by atoms with Gasteiger partial charge in [-0.15, -0.1) is 11.3 Å². The number of hydrogen-bond acceptors (Lipinski definition) is 7. The molecule has 3 aromatic heterocycles. The first kappa shape index (κ1) is 23.9. The van der Waals surface area contributed by atoms with Crippen molar-refractivity contribution in [2.75, 3.05) is 6.61 Å². The first-order chi connectivity index (χ1) is 15.3. The molecular formula is C22H28N4O4S2. The van der Waals surface area contributed by atoms with Gasteiger partial charge in [-0.25, -0.2) is 22.9 Å². The number of carbonyl (C=O) groups is 1. The molecule has 10 heteroatoms. The highest BCUT2D eigenvalue weighted by molar-refractivity contribution is 7.92. The van der Waals surface area contributed by atoms with Crippen LogP contribution < -0.4 is 4.72 Å². The van der Waals surface area contributed by atoms with Crippen molar-refractivity contribution in [2.24, 2.45) is 5.92 Å². The minimum atomic E-state index is -4.10. The Bertz CT molecular complexity index is 1120. The standard InChI is InChI=1S/C22H28N4O4S2/c1-4-5-10-30-22(27)25-32(28,29)21-19(12-18(31-21)11-16(2)3)20-7-6-17(13-24-20)14-26-9-8-23-15-26/h6-9,12-13,15-16H,4-5,10-11,14H2,1-3H3,(H,25,27). The van der Waals surface area contributed by atoms with Gasteiger partial charge in [0.2, 0.25) is 0 Å². The number of unbranched alkanes of at least 4 members (excludes halogenated alkanes) is 1. The zero-order chi connectivity index (χ0) is 23.1. The molecule has 3 rings (SSSR count). The predicted octanol–water partition coefficient (Wildman–Crippen LogP) is 4.47. The Labute approximate surface area is 192 Å². The van der Waals surface area contributed by atoms with E-state index in [-0.39, 0.29) is 10.8 Å². The van der Waals surface area contributed by atoms with Gasteiger partial charge in [0.15, 0.2) is 0 Å². The van der Waals surface area contributed by atoms with E-state index in [1.807, 2.05) is 34.5 Å². The van der Waals surface area contributed by atoms with E-state index in [4.69, 9.17) is 4.74 Å². The summed E-state index contributed by atoms with van der Waals surface area (Å²) in [6, 6.07) is 5.55. The summed E-state index contributed by atoms with van der Waals surface area (Å²) in [5, 5.41) is 0. The van der Waals surface area contributed by atoms with Gasteiger partial charge in [-0.1, -0.05) is 33.3 Å². The average molecular weight is 477 g/mol. The number of ether oxygens (including phenoxy) is 1. The number of nitrogens with one attached hydrogen (secondary N) is 1. The molecule has 0 fully saturated rings. The van der Waals surface area contributed by atoms with E-state index in [1.54, 1.807) is 24.8 Å². The number of aromatic nitrogens is 3. The smallest absolute Gasteiger partial charge is 0.421 e. The summed E-state index contributed by atoms with van der Waals surface area (Å²) >= 11 is 1.16. The molecule has 32 heavy (non-hydrogen) atoms. The Balaban J connectivity index is 1.87. The SMILES string of the molecule is CCCCOC(=O)NS(=O)(=O)c1sc(CC(C)C)cc1-c1ccc(Cn2ccnc2)cn1. The van der Waals surface area contributed by atoms with Gasteiger partial charge in [-0.3, -0.25) is 4.98 Å². The second-order valence-electron chi connectivity index (χ2n) is 7.89. The largest absolute Gasteiger partial charge is 0.449 e. The number of nitrogens with zero attached hydrogens (tertiary/aromatic N) is 3. The summed E-state index contributed by atoms with van der Waals surface area (Å²) in [6.07, 6.45) is 8.29. The van der Waals surface area contributed by atoms with Gasteiger partial charge >= 0.3 is 6.09 Å². The van der Waals surface area contributed by atoms with E-state index in [0.717, 1.165) is 34.6 Å². The molecule has 0 aliphatic carbocycles. The summed E-state index contributed by atoms with van der Waals surface area (Å²) in [5.41, 5.74) is 1.98. The molecule has 1 amide bonds. The van der Waals surface area contributed by atoms with Crippen molar-refractivity contribution in [1.82, 2.24) is 19.3 Å². The maximum atomic E-state index is 13.0. The predicted molar refractivity (Wildman–Crippen MR) is 124 cm³/mol. The summed E-state index contributed by atoms with van der Waals surface area (Å²) in [7, 11) is -4.10. The van der Waals surface area contributed by atoms with Gasteiger partial charge in [-0.2, -0.15) is 0 Å². The van der Waals surface area contributed by atoms with Crippen molar-refractivity contribution in [3.63, 3.8) is 0 Å². The van der Waals surface area contributed by atoms with Crippen LogP contribution in [-0.2, 0) is 27.7 Å². The van der Waals surface area contributed by atoms with Gasteiger partial charge in [0.1, 0.15) is 4.21 Å². The van der Waals surface area contributed by atoms with Crippen LogP contribution in [0.15, 0.2) is 47.3 Å². The maximum absolute atomic E-state index is 13.0. The lowest BCUT2D eigenvalue weighted by Crippen LogP contribution is -2.31. The molecule has 0 aromatic carbocycles. The zero-order valence-electron chi connectivity index (χ0n) is 18.4. The van der Waals surface area contributed by atoms with Crippen LogP contribution >= 0.6 is 11.3 Å². The van der Waals surface area contributed by atoms with Gasteiger partial charge in [0.05, 0.1) is 18.6 Å². The van der Waals surface area contributed by atoms with Gasteiger partial charge in [0, 0.05) is 35.6 Å². The fourth-order valence-corrected chi connectivity index (χ4v) is 5.88. The second-order valence-corrected chi connectivity index (χ2v) is 10.9. The fourth-order valence-electron chi connectivity index (χ4n) is 3.07. The summed E-state index contributed by atoms with van der Waals surface area (Å²) in [5.74, 6) is 0.356. The van der Waals surface area contributed by atoms with E-state index in [2.05, 4.69) is 23.8 Å². The molecule has 3 aromatic rings. The third-order valence-corrected chi connectivity index (χ3v) is 7.58. The quantitative estimate of drug-likeness (QED) is 0.433. The molecule has 0 saturated heterocycles. The first-order valence-corrected chi connectivity index (χ1v) is 12.8. The van der Waals surface area contributed by atoms with E-state index in [0.29, 0.717) is 30.1 Å².